The van der Waals surface area contributed by atoms with E-state index in [1.807, 2.05) is 60.5 Å². The van der Waals surface area contributed by atoms with Crippen molar-refractivity contribution < 1.29 is 4.79 Å². The first-order chi connectivity index (χ1) is 13.4. The molecule has 5 nitrogen and oxygen atoms in total. The molecule has 0 atom stereocenters. The number of rotatable bonds is 6. The third-order valence-electron chi connectivity index (χ3n) is 4.60. The zero-order chi connectivity index (χ0) is 20.1. The SMILES string of the molecule is Cc1ccccc1-c1ccc(NC(=O)CN(C)c2cccc(C(=N)N)c2)cc1. The Hall–Kier alpha value is -3.60. The van der Waals surface area contributed by atoms with E-state index >= 15 is 0 Å². The maximum Gasteiger partial charge on any atom is 0.243 e. The number of hydrogen-bond acceptors (Lipinski definition) is 3. The molecule has 0 fully saturated rings. The zero-order valence-corrected chi connectivity index (χ0v) is 16.1. The van der Waals surface area contributed by atoms with Crippen molar-refractivity contribution in [2.24, 2.45) is 5.73 Å². The number of benzene rings is 3. The minimum atomic E-state index is -0.112. The Bertz CT molecular complexity index is 995. The summed E-state index contributed by atoms with van der Waals surface area (Å²) in [7, 11) is 1.83. The van der Waals surface area contributed by atoms with E-state index in [0.29, 0.717) is 5.56 Å². The summed E-state index contributed by atoms with van der Waals surface area (Å²) in [6.07, 6.45) is 0. The molecule has 4 N–H and O–H groups in total. The molecule has 3 aromatic rings. The van der Waals surface area contributed by atoms with Crippen LogP contribution in [0.15, 0.2) is 72.8 Å². The molecule has 3 aromatic carbocycles. The van der Waals surface area contributed by atoms with Crippen LogP contribution in [-0.4, -0.2) is 25.3 Å². The van der Waals surface area contributed by atoms with Crippen LogP contribution in [-0.2, 0) is 4.79 Å². The fraction of sp³-hybridized carbons (Fsp3) is 0.130. The van der Waals surface area contributed by atoms with Crippen molar-refractivity contribution in [2.45, 2.75) is 6.92 Å². The highest BCUT2D eigenvalue weighted by Gasteiger charge is 2.09. The standard InChI is InChI=1S/C23H24N4O/c1-16-6-3-4-9-21(16)17-10-12-19(13-11-17)26-22(28)15-27(2)20-8-5-7-18(14-20)23(24)25/h3-14H,15H2,1-2H3,(H3,24,25)(H,26,28). The second-order valence-electron chi connectivity index (χ2n) is 6.76. The third kappa shape index (κ3) is 4.57. The monoisotopic (exact) mass is 372 g/mol. The van der Waals surface area contributed by atoms with Gasteiger partial charge in [0.05, 0.1) is 6.54 Å². The Morgan fingerprint density at radius 1 is 1.04 bits per heavy atom. The number of nitrogens with two attached hydrogens (primary N) is 1. The molecule has 0 aromatic heterocycles. The lowest BCUT2D eigenvalue weighted by Crippen LogP contribution is -2.30. The molecule has 0 radical (unpaired) electrons. The van der Waals surface area contributed by atoms with Crippen molar-refractivity contribution in [2.75, 3.05) is 23.8 Å². The zero-order valence-electron chi connectivity index (χ0n) is 16.1. The van der Waals surface area contributed by atoms with Gasteiger partial charge in [0.25, 0.3) is 0 Å². The second-order valence-corrected chi connectivity index (χ2v) is 6.76. The summed E-state index contributed by atoms with van der Waals surface area (Å²) in [5.74, 6) is -0.104. The molecule has 0 saturated carbocycles. The van der Waals surface area contributed by atoms with Crippen molar-refractivity contribution in [3.8, 4) is 11.1 Å². The first-order valence-corrected chi connectivity index (χ1v) is 9.05. The summed E-state index contributed by atoms with van der Waals surface area (Å²) >= 11 is 0. The summed E-state index contributed by atoms with van der Waals surface area (Å²) < 4.78 is 0. The minimum Gasteiger partial charge on any atom is -0.384 e. The van der Waals surface area contributed by atoms with Crippen LogP contribution in [0.5, 0.6) is 0 Å². The van der Waals surface area contributed by atoms with E-state index in [1.54, 1.807) is 12.1 Å². The average molecular weight is 372 g/mol. The molecule has 3 rings (SSSR count). The van der Waals surface area contributed by atoms with Gasteiger partial charge in [-0.1, -0.05) is 48.5 Å². The van der Waals surface area contributed by atoms with Crippen LogP contribution in [0.2, 0.25) is 0 Å². The van der Waals surface area contributed by atoms with Crippen LogP contribution < -0.4 is 16.0 Å². The third-order valence-corrected chi connectivity index (χ3v) is 4.60. The molecule has 0 spiro atoms. The molecule has 0 saturated heterocycles. The Balaban J connectivity index is 1.64. The predicted molar refractivity (Wildman–Crippen MR) is 116 cm³/mol. The van der Waals surface area contributed by atoms with Crippen molar-refractivity contribution in [3.63, 3.8) is 0 Å². The molecule has 0 bridgehead atoms. The number of carbonyl (C=O) groups is 1. The Labute approximate surface area is 165 Å². The van der Waals surface area contributed by atoms with Gasteiger partial charge in [0.2, 0.25) is 5.91 Å². The van der Waals surface area contributed by atoms with Crippen LogP contribution in [0.1, 0.15) is 11.1 Å². The number of anilines is 2. The number of nitrogens with one attached hydrogen (secondary N) is 2. The van der Waals surface area contributed by atoms with E-state index in [9.17, 15) is 4.79 Å². The largest absolute Gasteiger partial charge is 0.384 e. The van der Waals surface area contributed by atoms with Gasteiger partial charge in [-0.15, -0.1) is 0 Å². The van der Waals surface area contributed by atoms with Crippen LogP contribution in [0, 0.1) is 12.3 Å². The summed E-state index contributed by atoms with van der Waals surface area (Å²) in [4.78, 5) is 14.2. The summed E-state index contributed by atoms with van der Waals surface area (Å²) in [6, 6.07) is 23.4. The van der Waals surface area contributed by atoms with Crippen molar-refractivity contribution in [1.29, 1.82) is 5.41 Å². The maximum atomic E-state index is 12.4. The molecule has 28 heavy (non-hydrogen) atoms. The Kier molecular flexibility index (Phi) is 5.75. The lowest BCUT2D eigenvalue weighted by molar-refractivity contribution is -0.114. The van der Waals surface area contributed by atoms with Crippen LogP contribution in [0.3, 0.4) is 0 Å². The molecule has 0 aliphatic heterocycles. The van der Waals surface area contributed by atoms with Gasteiger partial charge in [0, 0.05) is 24.0 Å². The molecule has 0 aliphatic rings. The number of amides is 1. The van der Waals surface area contributed by atoms with Crippen LogP contribution in [0.25, 0.3) is 11.1 Å². The summed E-state index contributed by atoms with van der Waals surface area (Å²) in [5.41, 5.74) is 11.3. The molecule has 1 amide bonds. The Morgan fingerprint density at radius 3 is 2.43 bits per heavy atom. The number of nitrogen functional groups attached to an aromatic ring is 1. The highest BCUT2D eigenvalue weighted by atomic mass is 16.2. The van der Waals surface area contributed by atoms with E-state index in [1.165, 1.54) is 11.1 Å². The quantitative estimate of drug-likeness (QED) is 0.451. The van der Waals surface area contributed by atoms with Gasteiger partial charge in [0.15, 0.2) is 0 Å². The number of nitrogens with zero attached hydrogens (tertiary/aromatic N) is 1. The molecule has 142 valence electrons. The smallest absolute Gasteiger partial charge is 0.243 e. The first-order valence-electron chi connectivity index (χ1n) is 9.05. The predicted octanol–water partition coefficient (Wildman–Crippen LogP) is 4.02. The van der Waals surface area contributed by atoms with Gasteiger partial charge in [-0.3, -0.25) is 10.2 Å². The second kappa shape index (κ2) is 8.39. The van der Waals surface area contributed by atoms with E-state index in [4.69, 9.17) is 11.1 Å². The van der Waals surface area contributed by atoms with Gasteiger partial charge in [-0.25, -0.2) is 0 Å². The number of aryl methyl sites for hydroxylation is 1. The molecule has 0 aliphatic carbocycles. The highest BCUT2D eigenvalue weighted by molar-refractivity contribution is 5.97. The summed E-state index contributed by atoms with van der Waals surface area (Å²) in [6.45, 7) is 2.28. The van der Waals surface area contributed by atoms with Crippen molar-refractivity contribution in [1.82, 2.24) is 0 Å². The highest BCUT2D eigenvalue weighted by Crippen LogP contribution is 2.24. The normalized spacial score (nSPS) is 10.4. The minimum absolute atomic E-state index is 0.00782. The first kappa shape index (κ1) is 19.2. The fourth-order valence-corrected chi connectivity index (χ4v) is 3.05. The van der Waals surface area contributed by atoms with E-state index in [0.717, 1.165) is 16.9 Å². The fourth-order valence-electron chi connectivity index (χ4n) is 3.05. The van der Waals surface area contributed by atoms with Crippen LogP contribution in [0.4, 0.5) is 11.4 Å². The molecule has 5 heteroatoms. The van der Waals surface area contributed by atoms with E-state index < -0.39 is 0 Å². The van der Waals surface area contributed by atoms with Crippen molar-refractivity contribution >= 4 is 23.1 Å². The summed E-state index contributed by atoms with van der Waals surface area (Å²) in [5, 5.41) is 10.5. The molecular weight excluding hydrogens is 348 g/mol. The topological polar surface area (TPSA) is 82.2 Å². The molecule has 0 heterocycles. The van der Waals surface area contributed by atoms with Crippen molar-refractivity contribution in [3.05, 3.63) is 83.9 Å². The average Bonchev–Trinajstić information content (AvgIpc) is 2.69. The number of carbonyl (C=O) groups excluding carboxylic acids is 1. The lowest BCUT2D eigenvalue weighted by Gasteiger charge is -2.19. The van der Waals surface area contributed by atoms with E-state index in [-0.39, 0.29) is 18.3 Å². The van der Waals surface area contributed by atoms with Gasteiger partial charge in [-0.2, -0.15) is 0 Å². The lowest BCUT2D eigenvalue weighted by atomic mass is 10.0. The van der Waals surface area contributed by atoms with Gasteiger partial charge < -0.3 is 16.0 Å². The van der Waals surface area contributed by atoms with E-state index in [2.05, 4.69) is 24.4 Å². The van der Waals surface area contributed by atoms with Crippen LogP contribution >= 0.6 is 0 Å². The molecular formula is C23H24N4O. The molecule has 0 unspecified atom stereocenters. The number of hydrogen-bond donors (Lipinski definition) is 3. The van der Waals surface area contributed by atoms with Gasteiger partial charge in [0.1, 0.15) is 5.84 Å². The number of likely N-dealkylation sites (N-methyl/N-ethyl adjacent to an activating group) is 1. The van der Waals surface area contributed by atoms with Gasteiger partial charge in [-0.05, 0) is 47.9 Å². The van der Waals surface area contributed by atoms with Gasteiger partial charge >= 0.3 is 0 Å². The Morgan fingerprint density at radius 2 is 1.75 bits per heavy atom. The maximum absolute atomic E-state index is 12.4. The number of amidine groups is 1.